The zero-order chi connectivity index (χ0) is 20.8. The second-order valence-electron chi connectivity index (χ2n) is 6.54. The fourth-order valence-electron chi connectivity index (χ4n) is 3.25. The SMILES string of the molecule is COc1ccc(CNc2nc(N3CCCC3COC=O)ncc2C(N)=O)cc1Cl. The number of hydrogen-bond donors (Lipinski definition) is 2. The van der Waals surface area contributed by atoms with E-state index in [9.17, 15) is 9.59 Å². The minimum atomic E-state index is -0.630. The third-order valence-electron chi connectivity index (χ3n) is 4.71. The highest BCUT2D eigenvalue weighted by molar-refractivity contribution is 6.32. The van der Waals surface area contributed by atoms with Crippen LogP contribution in [0.1, 0.15) is 28.8 Å². The fourth-order valence-corrected chi connectivity index (χ4v) is 3.53. The van der Waals surface area contributed by atoms with Crippen LogP contribution in [-0.2, 0) is 16.1 Å². The maximum atomic E-state index is 11.8. The highest BCUT2D eigenvalue weighted by Crippen LogP contribution is 2.27. The monoisotopic (exact) mass is 419 g/mol. The van der Waals surface area contributed by atoms with E-state index in [0.717, 1.165) is 24.9 Å². The van der Waals surface area contributed by atoms with Crippen LogP contribution in [0, 0.1) is 0 Å². The van der Waals surface area contributed by atoms with Crippen LogP contribution in [0.4, 0.5) is 11.8 Å². The lowest BCUT2D eigenvalue weighted by Crippen LogP contribution is -2.34. The number of nitrogens with one attached hydrogen (secondary N) is 1. The van der Waals surface area contributed by atoms with Gasteiger partial charge in [-0.2, -0.15) is 4.98 Å². The van der Waals surface area contributed by atoms with Crippen LogP contribution in [0.25, 0.3) is 0 Å². The number of ether oxygens (including phenoxy) is 2. The molecule has 1 saturated heterocycles. The molecular weight excluding hydrogens is 398 g/mol. The normalized spacial score (nSPS) is 15.8. The standard InChI is InChI=1S/C19H22ClN5O4/c1-28-16-5-4-12(7-15(16)20)8-22-18-14(17(21)27)9-23-19(24-18)25-6-2-3-13(25)10-29-11-26/h4-5,7,9,11,13H,2-3,6,8,10H2,1H3,(H2,21,27)(H,22,23,24). The van der Waals surface area contributed by atoms with Gasteiger partial charge >= 0.3 is 0 Å². The molecule has 1 atom stereocenters. The molecule has 1 aromatic heterocycles. The molecule has 0 aliphatic carbocycles. The molecule has 1 aromatic carbocycles. The van der Waals surface area contributed by atoms with E-state index in [0.29, 0.717) is 35.6 Å². The topological polar surface area (TPSA) is 120 Å². The average molecular weight is 420 g/mol. The highest BCUT2D eigenvalue weighted by atomic mass is 35.5. The van der Waals surface area contributed by atoms with Crippen molar-refractivity contribution in [3.05, 3.63) is 40.5 Å². The summed E-state index contributed by atoms with van der Waals surface area (Å²) in [6.45, 7) is 1.80. The van der Waals surface area contributed by atoms with E-state index in [2.05, 4.69) is 15.3 Å². The van der Waals surface area contributed by atoms with Crippen molar-refractivity contribution in [3.63, 3.8) is 0 Å². The first-order chi connectivity index (χ1) is 14.0. The number of halogens is 1. The number of aromatic nitrogens is 2. The van der Waals surface area contributed by atoms with E-state index < -0.39 is 5.91 Å². The van der Waals surface area contributed by atoms with Crippen LogP contribution in [0.2, 0.25) is 5.02 Å². The van der Waals surface area contributed by atoms with Gasteiger partial charge in [0.15, 0.2) is 0 Å². The van der Waals surface area contributed by atoms with Gasteiger partial charge in [0.25, 0.3) is 12.4 Å². The Labute approximate surface area is 173 Å². The van der Waals surface area contributed by atoms with Gasteiger partial charge in [-0.1, -0.05) is 17.7 Å². The Hall–Kier alpha value is -3.07. The van der Waals surface area contributed by atoms with E-state index in [-0.39, 0.29) is 18.2 Å². The third-order valence-corrected chi connectivity index (χ3v) is 5.00. The first-order valence-corrected chi connectivity index (χ1v) is 9.46. The maximum Gasteiger partial charge on any atom is 0.293 e. The van der Waals surface area contributed by atoms with Crippen molar-refractivity contribution in [1.29, 1.82) is 0 Å². The molecule has 0 bridgehead atoms. The summed E-state index contributed by atoms with van der Waals surface area (Å²) in [5.41, 5.74) is 6.54. The second kappa shape index (κ2) is 9.42. The predicted octanol–water partition coefficient (Wildman–Crippen LogP) is 1.99. The quantitative estimate of drug-likeness (QED) is 0.592. The van der Waals surface area contributed by atoms with Gasteiger partial charge in [-0.15, -0.1) is 0 Å². The summed E-state index contributed by atoms with van der Waals surface area (Å²) in [6, 6.07) is 5.39. The summed E-state index contributed by atoms with van der Waals surface area (Å²) in [5.74, 6) is 0.725. The van der Waals surface area contributed by atoms with Gasteiger partial charge in [-0.05, 0) is 30.5 Å². The van der Waals surface area contributed by atoms with Crippen molar-refractivity contribution in [2.75, 3.05) is 30.5 Å². The number of nitrogens with two attached hydrogens (primary N) is 1. The molecule has 0 saturated carbocycles. The molecule has 10 heteroatoms. The Bertz CT molecular complexity index is 895. The van der Waals surface area contributed by atoms with E-state index in [1.165, 1.54) is 6.20 Å². The van der Waals surface area contributed by atoms with E-state index in [1.807, 2.05) is 11.0 Å². The van der Waals surface area contributed by atoms with Gasteiger partial charge in [-0.3, -0.25) is 9.59 Å². The highest BCUT2D eigenvalue weighted by Gasteiger charge is 2.28. The lowest BCUT2D eigenvalue weighted by Gasteiger charge is -2.24. The Morgan fingerprint density at radius 3 is 3.00 bits per heavy atom. The van der Waals surface area contributed by atoms with Crippen LogP contribution in [0.15, 0.2) is 24.4 Å². The van der Waals surface area contributed by atoms with Gasteiger partial charge < -0.3 is 25.4 Å². The molecule has 1 amide bonds. The molecule has 1 unspecified atom stereocenters. The van der Waals surface area contributed by atoms with Gasteiger partial charge in [0, 0.05) is 19.3 Å². The summed E-state index contributed by atoms with van der Waals surface area (Å²) >= 11 is 6.17. The van der Waals surface area contributed by atoms with Gasteiger partial charge in [-0.25, -0.2) is 4.98 Å². The zero-order valence-electron chi connectivity index (χ0n) is 15.9. The lowest BCUT2D eigenvalue weighted by atomic mass is 10.2. The Morgan fingerprint density at radius 1 is 1.48 bits per heavy atom. The molecule has 0 spiro atoms. The first kappa shape index (κ1) is 20.7. The van der Waals surface area contributed by atoms with Crippen LogP contribution in [0.5, 0.6) is 5.75 Å². The van der Waals surface area contributed by atoms with E-state index in [1.54, 1.807) is 19.2 Å². The van der Waals surface area contributed by atoms with Crippen molar-refractivity contribution in [2.45, 2.75) is 25.4 Å². The van der Waals surface area contributed by atoms with Gasteiger partial charge in [0.1, 0.15) is 18.2 Å². The van der Waals surface area contributed by atoms with Crippen LogP contribution in [0.3, 0.4) is 0 Å². The van der Waals surface area contributed by atoms with Crippen molar-refractivity contribution < 1.29 is 19.1 Å². The minimum absolute atomic E-state index is 0.00660. The summed E-state index contributed by atoms with van der Waals surface area (Å²) in [5, 5.41) is 3.62. The summed E-state index contributed by atoms with van der Waals surface area (Å²) in [4.78, 5) is 33.1. The molecular formula is C19H22ClN5O4. The number of nitrogens with zero attached hydrogens (tertiary/aromatic N) is 3. The summed E-state index contributed by atoms with van der Waals surface area (Å²) < 4.78 is 10.1. The van der Waals surface area contributed by atoms with Crippen molar-refractivity contribution in [2.24, 2.45) is 5.73 Å². The van der Waals surface area contributed by atoms with E-state index in [4.69, 9.17) is 26.8 Å². The third kappa shape index (κ3) is 4.86. The average Bonchev–Trinajstić information content (AvgIpc) is 3.19. The van der Waals surface area contributed by atoms with Gasteiger partial charge in [0.05, 0.1) is 23.7 Å². The first-order valence-electron chi connectivity index (χ1n) is 9.08. The van der Waals surface area contributed by atoms with Crippen LogP contribution >= 0.6 is 11.6 Å². The molecule has 3 N–H and O–H groups in total. The summed E-state index contributed by atoms with van der Waals surface area (Å²) in [6.07, 6.45) is 3.20. The smallest absolute Gasteiger partial charge is 0.293 e. The molecule has 1 aliphatic rings. The largest absolute Gasteiger partial charge is 0.495 e. The van der Waals surface area contributed by atoms with Crippen LogP contribution in [-0.4, -0.2) is 48.7 Å². The van der Waals surface area contributed by atoms with Gasteiger partial charge in [0.2, 0.25) is 5.95 Å². The molecule has 2 aromatic rings. The lowest BCUT2D eigenvalue weighted by molar-refractivity contribution is -0.129. The minimum Gasteiger partial charge on any atom is -0.495 e. The second-order valence-corrected chi connectivity index (χ2v) is 6.95. The molecule has 9 nitrogen and oxygen atoms in total. The van der Waals surface area contributed by atoms with Crippen molar-refractivity contribution in [1.82, 2.24) is 9.97 Å². The number of benzene rings is 1. The van der Waals surface area contributed by atoms with E-state index >= 15 is 0 Å². The molecule has 0 radical (unpaired) electrons. The zero-order valence-corrected chi connectivity index (χ0v) is 16.7. The molecule has 2 heterocycles. The maximum absolute atomic E-state index is 11.8. The number of rotatable bonds is 9. The number of primary amides is 1. The number of hydrogen-bond acceptors (Lipinski definition) is 8. The number of carbonyl (C=O) groups is 2. The molecule has 3 rings (SSSR count). The Morgan fingerprint density at radius 2 is 2.31 bits per heavy atom. The predicted molar refractivity (Wildman–Crippen MR) is 108 cm³/mol. The molecule has 154 valence electrons. The number of carbonyl (C=O) groups excluding carboxylic acids is 2. The Balaban J connectivity index is 1.81. The van der Waals surface area contributed by atoms with Crippen molar-refractivity contribution in [3.8, 4) is 5.75 Å². The number of anilines is 2. The summed E-state index contributed by atoms with van der Waals surface area (Å²) in [7, 11) is 1.55. The molecule has 1 aliphatic heterocycles. The Kier molecular flexibility index (Phi) is 6.71. The van der Waals surface area contributed by atoms with Crippen molar-refractivity contribution >= 4 is 35.7 Å². The number of methoxy groups -OCH3 is 1. The fraction of sp³-hybridized carbons (Fsp3) is 0.368. The van der Waals surface area contributed by atoms with Crippen LogP contribution < -0.4 is 20.7 Å². The number of amides is 1. The molecule has 29 heavy (non-hydrogen) atoms. The molecule has 1 fully saturated rings.